The van der Waals surface area contributed by atoms with Gasteiger partial charge >= 0.3 is 5.97 Å². The molecule has 0 heterocycles. The topological polar surface area (TPSA) is 50.4 Å². The summed E-state index contributed by atoms with van der Waals surface area (Å²) in [4.78, 5) is 11.9. The van der Waals surface area contributed by atoms with Crippen LogP contribution in [0.1, 0.15) is 38.7 Å². The zero-order chi connectivity index (χ0) is 20.8. The summed E-state index contributed by atoms with van der Waals surface area (Å²) in [7, 11) is 1.38. The molecule has 3 rings (SSSR count). The molecule has 4 nitrogen and oxygen atoms in total. The predicted molar refractivity (Wildman–Crippen MR) is 121 cm³/mol. The summed E-state index contributed by atoms with van der Waals surface area (Å²) in [6, 6.07) is 23.9. The fourth-order valence-electron chi connectivity index (χ4n) is 3.16. The Morgan fingerprint density at radius 3 is 2.21 bits per heavy atom. The lowest BCUT2D eigenvalue weighted by atomic mass is 9.98. The van der Waals surface area contributed by atoms with E-state index >= 15 is 0 Å². The first-order valence-corrected chi connectivity index (χ1v) is 9.77. The molecule has 0 aliphatic rings. The Morgan fingerprint density at radius 2 is 1.55 bits per heavy atom. The average Bonchev–Trinajstić information content (AvgIpc) is 2.74. The highest BCUT2D eigenvalue weighted by molar-refractivity contribution is 7.80. The summed E-state index contributed by atoms with van der Waals surface area (Å²) in [5.41, 5.74) is 5.50. The van der Waals surface area contributed by atoms with E-state index in [1.165, 1.54) is 12.7 Å². The van der Waals surface area contributed by atoms with Crippen molar-refractivity contribution in [3.63, 3.8) is 0 Å². The van der Waals surface area contributed by atoms with E-state index in [4.69, 9.17) is 17.0 Å². The molecule has 2 N–H and O–H groups in total. The van der Waals surface area contributed by atoms with Crippen molar-refractivity contribution in [2.24, 2.45) is 0 Å². The van der Waals surface area contributed by atoms with Crippen LogP contribution in [0.3, 0.4) is 0 Å². The van der Waals surface area contributed by atoms with Gasteiger partial charge in [-0.2, -0.15) is 0 Å². The van der Waals surface area contributed by atoms with Crippen LogP contribution in [0.4, 0.5) is 5.69 Å². The first kappa shape index (κ1) is 20.6. The number of anilines is 1. The third-order valence-corrected chi connectivity index (χ3v) is 5.03. The van der Waals surface area contributed by atoms with E-state index < -0.39 is 0 Å². The van der Waals surface area contributed by atoms with Gasteiger partial charge < -0.3 is 15.4 Å². The zero-order valence-electron chi connectivity index (χ0n) is 16.7. The van der Waals surface area contributed by atoms with Crippen LogP contribution < -0.4 is 10.6 Å². The molecule has 5 heteroatoms. The van der Waals surface area contributed by atoms with Gasteiger partial charge in [-0.25, -0.2) is 4.79 Å². The smallest absolute Gasteiger partial charge is 0.338 e. The van der Waals surface area contributed by atoms with E-state index in [0.29, 0.717) is 10.7 Å². The Labute approximate surface area is 176 Å². The molecule has 0 aliphatic heterocycles. The predicted octanol–water partition coefficient (Wildman–Crippen LogP) is 5.17. The lowest BCUT2D eigenvalue weighted by molar-refractivity contribution is 0.0600. The fraction of sp³-hybridized carbons (Fsp3) is 0.167. The van der Waals surface area contributed by atoms with Crippen LogP contribution in [-0.4, -0.2) is 18.2 Å². The molecule has 0 fully saturated rings. The van der Waals surface area contributed by atoms with Crippen molar-refractivity contribution >= 4 is 29.0 Å². The average molecular weight is 405 g/mol. The van der Waals surface area contributed by atoms with Crippen molar-refractivity contribution in [2.75, 3.05) is 12.4 Å². The van der Waals surface area contributed by atoms with Crippen molar-refractivity contribution in [1.29, 1.82) is 0 Å². The number of rotatable bonds is 5. The van der Waals surface area contributed by atoms with Crippen molar-refractivity contribution in [2.45, 2.75) is 19.9 Å². The van der Waals surface area contributed by atoms with Gasteiger partial charge in [-0.3, -0.25) is 0 Å². The second-order valence-electron chi connectivity index (χ2n) is 6.82. The summed E-state index contributed by atoms with van der Waals surface area (Å²) in [6.07, 6.45) is 0. The molecule has 0 unspecified atom stereocenters. The Morgan fingerprint density at radius 1 is 0.897 bits per heavy atom. The maximum atomic E-state index is 11.9. The minimum atomic E-state index is -0.369. The van der Waals surface area contributed by atoms with Crippen molar-refractivity contribution < 1.29 is 9.53 Å². The van der Waals surface area contributed by atoms with E-state index in [1.54, 1.807) is 12.1 Å². The van der Waals surface area contributed by atoms with Gasteiger partial charge in [0.2, 0.25) is 0 Å². The van der Waals surface area contributed by atoms with Crippen LogP contribution in [0, 0.1) is 13.8 Å². The van der Waals surface area contributed by atoms with Crippen molar-refractivity contribution in [1.82, 2.24) is 5.32 Å². The van der Waals surface area contributed by atoms with E-state index in [-0.39, 0.29) is 12.0 Å². The first-order chi connectivity index (χ1) is 14.0. The van der Waals surface area contributed by atoms with Crippen molar-refractivity contribution in [3.05, 3.63) is 101 Å². The number of ether oxygens (including phenoxy) is 1. The Kier molecular flexibility index (Phi) is 6.62. The van der Waals surface area contributed by atoms with Crippen LogP contribution >= 0.6 is 12.2 Å². The fourth-order valence-corrected chi connectivity index (χ4v) is 3.38. The van der Waals surface area contributed by atoms with Gasteiger partial charge in [0, 0.05) is 5.69 Å². The molecule has 0 saturated heterocycles. The second-order valence-corrected chi connectivity index (χ2v) is 7.23. The highest BCUT2D eigenvalue weighted by Gasteiger charge is 2.17. The summed E-state index contributed by atoms with van der Waals surface area (Å²) in [5.74, 6) is -0.369. The Bertz CT molecular complexity index is 1000. The zero-order valence-corrected chi connectivity index (χ0v) is 17.5. The molecule has 148 valence electrons. The minimum Gasteiger partial charge on any atom is -0.465 e. The highest BCUT2D eigenvalue weighted by atomic mass is 32.1. The maximum absolute atomic E-state index is 11.9. The molecule has 0 spiro atoms. The first-order valence-electron chi connectivity index (χ1n) is 9.36. The van der Waals surface area contributed by atoms with Crippen LogP contribution in [0.5, 0.6) is 0 Å². The molecule has 3 aromatic carbocycles. The lowest BCUT2D eigenvalue weighted by Crippen LogP contribution is -2.33. The number of aryl methyl sites for hydroxylation is 1. The molecular formula is C24H24N2O2S. The van der Waals surface area contributed by atoms with Gasteiger partial charge in [-0.1, -0.05) is 66.2 Å². The number of methoxy groups -OCH3 is 1. The molecule has 1 atom stereocenters. The molecule has 0 aliphatic carbocycles. The normalized spacial score (nSPS) is 11.4. The number of hydrogen-bond donors (Lipinski definition) is 2. The van der Waals surface area contributed by atoms with Crippen LogP contribution in [0.15, 0.2) is 72.8 Å². The van der Waals surface area contributed by atoms with E-state index in [2.05, 4.69) is 54.0 Å². The van der Waals surface area contributed by atoms with Gasteiger partial charge in [-0.15, -0.1) is 0 Å². The monoisotopic (exact) mass is 404 g/mol. The quantitative estimate of drug-likeness (QED) is 0.454. The Hall–Kier alpha value is -3.18. The molecule has 0 bridgehead atoms. The van der Waals surface area contributed by atoms with Gasteiger partial charge in [0.1, 0.15) is 0 Å². The highest BCUT2D eigenvalue weighted by Crippen LogP contribution is 2.24. The molecule has 3 aromatic rings. The van der Waals surface area contributed by atoms with Gasteiger partial charge in [0.15, 0.2) is 5.11 Å². The van der Waals surface area contributed by atoms with E-state index in [0.717, 1.165) is 22.4 Å². The molecular weight excluding hydrogens is 380 g/mol. The summed E-state index contributed by atoms with van der Waals surface area (Å²) >= 11 is 5.60. The van der Waals surface area contributed by atoms with Crippen LogP contribution in [-0.2, 0) is 4.74 Å². The number of carbonyl (C=O) groups excluding carboxylic acids is 1. The molecule has 0 amide bonds. The number of nitrogens with one attached hydrogen (secondary N) is 2. The van der Waals surface area contributed by atoms with Gasteiger partial charge in [0.25, 0.3) is 0 Å². The number of hydrogen-bond acceptors (Lipinski definition) is 3. The Balaban J connectivity index is 1.84. The molecule has 0 aromatic heterocycles. The van der Waals surface area contributed by atoms with Gasteiger partial charge in [-0.05, 0) is 54.9 Å². The molecule has 0 radical (unpaired) electrons. The number of thiocarbonyl (C=S) groups is 1. The SMILES string of the molecule is COC(=O)c1cccc(NC(=S)N[C@H](c2ccccc2)c2ccc(C)cc2)c1C. The summed E-state index contributed by atoms with van der Waals surface area (Å²) < 4.78 is 4.85. The summed E-state index contributed by atoms with van der Waals surface area (Å²) in [5, 5.41) is 7.11. The number of carbonyl (C=O) groups is 1. The lowest BCUT2D eigenvalue weighted by Gasteiger charge is -2.23. The molecule has 0 saturated carbocycles. The third-order valence-electron chi connectivity index (χ3n) is 4.81. The van der Waals surface area contributed by atoms with Gasteiger partial charge in [0.05, 0.1) is 18.7 Å². The van der Waals surface area contributed by atoms with E-state index in [1.807, 2.05) is 31.2 Å². The number of benzene rings is 3. The second kappa shape index (κ2) is 9.34. The standard InChI is InChI=1S/C24H24N2O2S/c1-16-12-14-19(15-13-16)22(18-8-5-4-6-9-18)26-24(29)25-21-11-7-10-20(17(21)2)23(27)28-3/h4-15,22H,1-3H3,(H2,25,26,29)/t22-/m1/s1. The van der Waals surface area contributed by atoms with E-state index in [9.17, 15) is 4.79 Å². The van der Waals surface area contributed by atoms with Crippen LogP contribution in [0.25, 0.3) is 0 Å². The summed E-state index contributed by atoms with van der Waals surface area (Å²) in [6.45, 7) is 3.93. The van der Waals surface area contributed by atoms with Crippen molar-refractivity contribution in [3.8, 4) is 0 Å². The number of esters is 1. The minimum absolute atomic E-state index is 0.0964. The molecule has 29 heavy (non-hydrogen) atoms. The largest absolute Gasteiger partial charge is 0.465 e. The maximum Gasteiger partial charge on any atom is 0.338 e. The van der Waals surface area contributed by atoms with Crippen LogP contribution in [0.2, 0.25) is 0 Å². The third kappa shape index (κ3) is 5.00.